The molecule has 0 unspecified atom stereocenters. The summed E-state index contributed by atoms with van der Waals surface area (Å²) >= 11 is 4.75. The third-order valence-corrected chi connectivity index (χ3v) is 5.63. The van der Waals surface area contributed by atoms with Crippen LogP contribution in [0.5, 0.6) is 11.5 Å². The van der Waals surface area contributed by atoms with E-state index in [1.54, 1.807) is 31.3 Å². The van der Waals surface area contributed by atoms with Crippen LogP contribution in [0.1, 0.15) is 16.2 Å². The Morgan fingerprint density at radius 3 is 2.86 bits per heavy atom. The van der Waals surface area contributed by atoms with Crippen molar-refractivity contribution >= 4 is 43.4 Å². The molecule has 2 aromatic heterocycles. The molecule has 0 spiro atoms. The Morgan fingerprint density at radius 2 is 2.03 bits per heavy atom. The van der Waals surface area contributed by atoms with Crippen molar-refractivity contribution in [2.24, 2.45) is 0 Å². The quantitative estimate of drug-likeness (QED) is 0.454. The minimum atomic E-state index is -0.233. The highest BCUT2D eigenvalue weighted by atomic mass is 79.9. The average molecular weight is 470 g/mol. The van der Waals surface area contributed by atoms with Crippen molar-refractivity contribution in [1.82, 2.24) is 14.9 Å². The lowest BCUT2D eigenvalue weighted by atomic mass is 10.1. The Bertz CT molecular complexity index is 1250. The molecule has 2 aromatic carbocycles. The van der Waals surface area contributed by atoms with Gasteiger partial charge in [-0.2, -0.15) is 0 Å². The number of nitrogens with one attached hydrogen (secondary N) is 1. The van der Waals surface area contributed by atoms with E-state index in [1.807, 2.05) is 35.7 Å². The van der Waals surface area contributed by atoms with Crippen molar-refractivity contribution in [3.63, 3.8) is 0 Å². The summed E-state index contributed by atoms with van der Waals surface area (Å²) in [4.78, 5) is 33.9. The Morgan fingerprint density at radius 1 is 1.21 bits per heavy atom. The van der Waals surface area contributed by atoms with Gasteiger partial charge in [-0.25, -0.2) is 4.98 Å². The van der Waals surface area contributed by atoms with Crippen molar-refractivity contribution in [1.29, 1.82) is 0 Å². The predicted molar refractivity (Wildman–Crippen MR) is 117 cm³/mol. The number of rotatable bonds is 5. The van der Waals surface area contributed by atoms with Gasteiger partial charge in [0.05, 0.1) is 17.6 Å². The van der Waals surface area contributed by atoms with Gasteiger partial charge in [0.1, 0.15) is 22.0 Å². The lowest BCUT2D eigenvalue weighted by Crippen LogP contribution is -2.28. The van der Waals surface area contributed by atoms with E-state index in [0.29, 0.717) is 33.1 Å². The fourth-order valence-electron chi connectivity index (χ4n) is 2.89. The van der Waals surface area contributed by atoms with E-state index in [9.17, 15) is 9.59 Å². The lowest BCUT2D eigenvalue weighted by molar-refractivity contribution is 0.0779. The van der Waals surface area contributed by atoms with Gasteiger partial charge in [-0.3, -0.25) is 9.59 Å². The summed E-state index contributed by atoms with van der Waals surface area (Å²) in [7, 11) is 1.66. The van der Waals surface area contributed by atoms with Gasteiger partial charge in [0.2, 0.25) is 0 Å². The normalized spacial score (nSPS) is 10.8. The summed E-state index contributed by atoms with van der Waals surface area (Å²) in [6, 6.07) is 16.3. The van der Waals surface area contributed by atoms with Gasteiger partial charge in [0, 0.05) is 11.5 Å². The van der Waals surface area contributed by atoms with E-state index in [4.69, 9.17) is 4.74 Å². The molecule has 6 nitrogen and oxygen atoms in total. The van der Waals surface area contributed by atoms with Gasteiger partial charge in [-0.1, -0.05) is 34.1 Å². The van der Waals surface area contributed by atoms with Crippen LogP contribution in [0.3, 0.4) is 0 Å². The molecular formula is C21H16BrN3O3S. The van der Waals surface area contributed by atoms with Crippen LogP contribution < -0.4 is 10.3 Å². The first kappa shape index (κ1) is 19.4. The number of thiophene rings is 1. The van der Waals surface area contributed by atoms with Gasteiger partial charge in [-0.05, 0) is 41.8 Å². The van der Waals surface area contributed by atoms with E-state index in [0.717, 1.165) is 4.47 Å². The molecule has 146 valence electrons. The van der Waals surface area contributed by atoms with Crippen molar-refractivity contribution in [2.45, 2.75) is 6.54 Å². The molecule has 1 amide bonds. The van der Waals surface area contributed by atoms with Gasteiger partial charge < -0.3 is 14.6 Å². The maximum absolute atomic E-state index is 13.0. The molecule has 0 saturated carbocycles. The van der Waals surface area contributed by atoms with Gasteiger partial charge in [0.15, 0.2) is 0 Å². The second-order valence-electron chi connectivity index (χ2n) is 6.36. The molecule has 29 heavy (non-hydrogen) atoms. The molecule has 1 N–H and O–H groups in total. The molecule has 0 fully saturated rings. The summed E-state index contributed by atoms with van der Waals surface area (Å²) in [6.07, 6.45) is 0. The lowest BCUT2D eigenvalue weighted by Gasteiger charge is -2.18. The zero-order chi connectivity index (χ0) is 20.4. The minimum absolute atomic E-state index is 0.172. The number of benzene rings is 2. The third kappa shape index (κ3) is 4.23. The predicted octanol–water partition coefficient (Wildman–Crippen LogP) is 4.81. The van der Waals surface area contributed by atoms with Crippen molar-refractivity contribution < 1.29 is 9.53 Å². The molecule has 8 heteroatoms. The Labute approximate surface area is 178 Å². The number of aromatic amines is 1. The second-order valence-corrected chi connectivity index (χ2v) is 8.20. The van der Waals surface area contributed by atoms with Gasteiger partial charge in [0.25, 0.3) is 11.5 Å². The summed E-state index contributed by atoms with van der Waals surface area (Å²) in [5, 5.41) is 1.82. The highest BCUT2D eigenvalue weighted by molar-refractivity contribution is 9.10. The number of aromatic nitrogens is 2. The SMILES string of the molecule is CN(Cc1nc2ccsc2c(=O)[nH]1)C(=O)c1ccccc1Oc1cccc(Br)c1. The van der Waals surface area contributed by atoms with Crippen LogP contribution in [0.25, 0.3) is 10.2 Å². The molecule has 0 aliphatic carbocycles. The number of nitrogens with zero attached hydrogens (tertiary/aromatic N) is 2. The maximum Gasteiger partial charge on any atom is 0.268 e. The summed E-state index contributed by atoms with van der Waals surface area (Å²) in [5.74, 6) is 1.28. The van der Waals surface area contributed by atoms with Crippen molar-refractivity contribution in [2.75, 3.05) is 7.05 Å². The number of hydrogen-bond donors (Lipinski definition) is 1. The number of carbonyl (C=O) groups excluding carboxylic acids is 1. The fraction of sp³-hybridized carbons (Fsp3) is 0.0952. The Balaban J connectivity index is 1.57. The fourth-order valence-corrected chi connectivity index (χ4v) is 3.99. The summed E-state index contributed by atoms with van der Waals surface area (Å²) in [6.45, 7) is 0.172. The van der Waals surface area contributed by atoms with Crippen molar-refractivity contribution in [3.05, 3.63) is 86.2 Å². The first-order chi connectivity index (χ1) is 14.0. The minimum Gasteiger partial charge on any atom is -0.456 e. The summed E-state index contributed by atoms with van der Waals surface area (Å²) < 4.78 is 7.39. The van der Waals surface area contributed by atoms with Crippen LogP contribution in [-0.4, -0.2) is 27.8 Å². The average Bonchev–Trinajstić information content (AvgIpc) is 3.17. The second kappa shape index (κ2) is 8.18. The van der Waals surface area contributed by atoms with Crippen LogP contribution in [0, 0.1) is 0 Å². The molecule has 0 radical (unpaired) electrons. The first-order valence-electron chi connectivity index (χ1n) is 8.75. The smallest absolute Gasteiger partial charge is 0.268 e. The van der Waals surface area contributed by atoms with E-state index in [2.05, 4.69) is 25.9 Å². The molecule has 4 aromatic rings. The van der Waals surface area contributed by atoms with Crippen LogP contribution in [-0.2, 0) is 6.54 Å². The zero-order valence-electron chi connectivity index (χ0n) is 15.4. The van der Waals surface area contributed by atoms with Gasteiger partial charge in [-0.15, -0.1) is 11.3 Å². The largest absolute Gasteiger partial charge is 0.456 e. The van der Waals surface area contributed by atoms with Crippen LogP contribution >= 0.6 is 27.3 Å². The van der Waals surface area contributed by atoms with Crippen LogP contribution in [0.4, 0.5) is 0 Å². The molecule has 2 heterocycles. The number of fused-ring (bicyclic) bond motifs is 1. The monoisotopic (exact) mass is 469 g/mol. The molecule has 0 aliphatic heterocycles. The molecule has 0 bridgehead atoms. The van der Waals surface area contributed by atoms with E-state index in [1.165, 1.54) is 16.2 Å². The number of halogens is 1. The molecule has 0 atom stereocenters. The third-order valence-electron chi connectivity index (χ3n) is 4.24. The number of H-pyrrole nitrogens is 1. The number of carbonyl (C=O) groups is 1. The van der Waals surface area contributed by atoms with Gasteiger partial charge >= 0.3 is 0 Å². The van der Waals surface area contributed by atoms with Crippen LogP contribution in [0.15, 0.2) is 69.2 Å². The molecule has 0 aliphatic rings. The van der Waals surface area contributed by atoms with E-state index < -0.39 is 0 Å². The van der Waals surface area contributed by atoms with Crippen molar-refractivity contribution in [3.8, 4) is 11.5 Å². The van der Waals surface area contributed by atoms with E-state index in [-0.39, 0.29) is 18.0 Å². The Hall–Kier alpha value is -2.97. The number of para-hydroxylation sites is 1. The number of amides is 1. The topological polar surface area (TPSA) is 75.3 Å². The standard InChI is InChI=1S/C21H16BrN3O3S/c1-25(12-18-23-16-9-10-29-19(16)20(26)24-18)21(27)15-7-2-3-8-17(15)28-14-6-4-5-13(22)11-14/h2-11H,12H2,1H3,(H,23,24,26). The maximum atomic E-state index is 13.0. The number of ether oxygens (including phenoxy) is 1. The highest BCUT2D eigenvalue weighted by Crippen LogP contribution is 2.28. The zero-order valence-corrected chi connectivity index (χ0v) is 17.8. The van der Waals surface area contributed by atoms with Crippen LogP contribution in [0.2, 0.25) is 0 Å². The van der Waals surface area contributed by atoms with E-state index >= 15 is 0 Å². The Kier molecular flexibility index (Phi) is 5.46. The molecular weight excluding hydrogens is 454 g/mol. The molecule has 0 saturated heterocycles. The molecule has 4 rings (SSSR count). The first-order valence-corrected chi connectivity index (χ1v) is 10.4. The highest BCUT2D eigenvalue weighted by Gasteiger charge is 2.18. The number of hydrogen-bond acceptors (Lipinski definition) is 5. The summed E-state index contributed by atoms with van der Waals surface area (Å²) in [5.41, 5.74) is 0.862.